The normalized spacial score (nSPS) is 18.1. The van der Waals surface area contributed by atoms with Crippen LogP contribution in [0.2, 0.25) is 0 Å². The Hall–Kier alpha value is -0.580. The lowest BCUT2D eigenvalue weighted by molar-refractivity contribution is 0.194. The fourth-order valence-electron chi connectivity index (χ4n) is 2.42. The summed E-state index contributed by atoms with van der Waals surface area (Å²) in [6, 6.07) is 0.714. The Bertz CT molecular complexity index is 342. The molecule has 0 bridgehead atoms. The van der Waals surface area contributed by atoms with E-state index in [1.54, 1.807) is 0 Å². The van der Waals surface area contributed by atoms with E-state index in [1.165, 1.54) is 37.2 Å². The smallest absolute Gasteiger partial charge is 0.0638 e. The van der Waals surface area contributed by atoms with Gasteiger partial charge in [-0.05, 0) is 39.9 Å². The van der Waals surface area contributed by atoms with Crippen LogP contribution in [0.1, 0.15) is 24.1 Å². The molecular weight excluding hydrogens is 236 g/mol. The molecule has 5 heteroatoms. The maximum Gasteiger partial charge on any atom is 0.0638 e. The number of hydrogen-bond donors (Lipinski definition) is 1. The zero-order valence-corrected chi connectivity index (χ0v) is 11.8. The van der Waals surface area contributed by atoms with Crippen molar-refractivity contribution in [2.24, 2.45) is 7.05 Å². The van der Waals surface area contributed by atoms with Crippen molar-refractivity contribution in [3.8, 4) is 0 Å². The minimum absolute atomic E-state index is 0. The molecule has 2 rings (SSSR count). The van der Waals surface area contributed by atoms with Gasteiger partial charge in [0.1, 0.15) is 0 Å². The van der Waals surface area contributed by atoms with Crippen LogP contribution in [0.5, 0.6) is 0 Å². The van der Waals surface area contributed by atoms with Gasteiger partial charge in [0.25, 0.3) is 0 Å². The molecule has 0 unspecified atom stereocenters. The van der Waals surface area contributed by atoms with Gasteiger partial charge in [-0.2, -0.15) is 5.10 Å². The summed E-state index contributed by atoms with van der Waals surface area (Å²) in [6.45, 7) is 5.53. The fraction of sp³-hybridized carbons (Fsp3) is 0.750. The number of hydrogen-bond acceptors (Lipinski definition) is 3. The van der Waals surface area contributed by atoms with Gasteiger partial charge < -0.3 is 5.32 Å². The Morgan fingerprint density at radius 2 is 2.06 bits per heavy atom. The Kier molecular flexibility index (Phi) is 5.43. The SMILES string of the molecule is CNC1CCN(Cc2cn(C)nc2C)CC1.Cl. The van der Waals surface area contributed by atoms with E-state index < -0.39 is 0 Å². The third kappa shape index (κ3) is 3.69. The Balaban J connectivity index is 0.00000144. The lowest BCUT2D eigenvalue weighted by atomic mass is 10.0. The molecule has 0 atom stereocenters. The second-order valence-corrected chi connectivity index (χ2v) is 4.75. The van der Waals surface area contributed by atoms with Crippen LogP contribution in [-0.4, -0.2) is 40.9 Å². The van der Waals surface area contributed by atoms with Crippen LogP contribution in [0.25, 0.3) is 0 Å². The summed E-state index contributed by atoms with van der Waals surface area (Å²) in [5.41, 5.74) is 2.53. The highest BCUT2D eigenvalue weighted by molar-refractivity contribution is 5.85. The molecule has 1 fully saturated rings. The minimum atomic E-state index is 0. The van der Waals surface area contributed by atoms with Gasteiger partial charge in [-0.25, -0.2) is 0 Å². The molecule has 17 heavy (non-hydrogen) atoms. The summed E-state index contributed by atoms with van der Waals surface area (Å²) in [4.78, 5) is 2.53. The third-order valence-electron chi connectivity index (χ3n) is 3.50. The van der Waals surface area contributed by atoms with Crippen LogP contribution in [0.15, 0.2) is 6.20 Å². The van der Waals surface area contributed by atoms with E-state index in [0.29, 0.717) is 6.04 Å². The van der Waals surface area contributed by atoms with Crippen LogP contribution in [0, 0.1) is 6.92 Å². The van der Waals surface area contributed by atoms with Crippen molar-refractivity contribution in [1.82, 2.24) is 20.0 Å². The summed E-state index contributed by atoms with van der Waals surface area (Å²) < 4.78 is 1.91. The Morgan fingerprint density at radius 1 is 1.41 bits per heavy atom. The summed E-state index contributed by atoms with van der Waals surface area (Å²) in [5, 5.41) is 7.75. The van der Waals surface area contributed by atoms with E-state index in [9.17, 15) is 0 Å². The second kappa shape index (κ2) is 6.38. The quantitative estimate of drug-likeness (QED) is 0.888. The number of aryl methyl sites for hydroxylation is 2. The highest BCUT2D eigenvalue weighted by Crippen LogP contribution is 2.15. The van der Waals surface area contributed by atoms with E-state index in [-0.39, 0.29) is 12.4 Å². The molecule has 0 spiro atoms. The topological polar surface area (TPSA) is 33.1 Å². The van der Waals surface area contributed by atoms with Gasteiger partial charge in [0, 0.05) is 31.4 Å². The monoisotopic (exact) mass is 258 g/mol. The molecule has 0 saturated carbocycles. The first-order valence-electron chi connectivity index (χ1n) is 6.08. The molecule has 1 aliphatic heterocycles. The average Bonchev–Trinajstić information content (AvgIpc) is 2.59. The van der Waals surface area contributed by atoms with Crippen molar-refractivity contribution >= 4 is 12.4 Å². The molecule has 0 aromatic carbocycles. The maximum atomic E-state index is 4.39. The second-order valence-electron chi connectivity index (χ2n) is 4.75. The van der Waals surface area contributed by atoms with Crippen molar-refractivity contribution in [2.75, 3.05) is 20.1 Å². The van der Waals surface area contributed by atoms with Crippen LogP contribution in [0.3, 0.4) is 0 Å². The molecule has 1 N–H and O–H groups in total. The lowest BCUT2D eigenvalue weighted by Crippen LogP contribution is -2.40. The van der Waals surface area contributed by atoms with E-state index >= 15 is 0 Å². The first-order valence-corrected chi connectivity index (χ1v) is 6.08. The number of rotatable bonds is 3. The predicted molar refractivity (Wildman–Crippen MR) is 72.6 cm³/mol. The molecule has 1 aromatic heterocycles. The maximum absolute atomic E-state index is 4.39. The molecule has 0 amide bonds. The molecule has 2 heterocycles. The molecule has 0 aliphatic carbocycles. The van der Waals surface area contributed by atoms with Crippen molar-refractivity contribution < 1.29 is 0 Å². The highest BCUT2D eigenvalue weighted by atomic mass is 35.5. The van der Waals surface area contributed by atoms with Crippen molar-refractivity contribution in [3.05, 3.63) is 17.5 Å². The predicted octanol–water partition coefficient (Wildman–Crippen LogP) is 1.33. The number of nitrogens with zero attached hydrogens (tertiary/aromatic N) is 3. The van der Waals surface area contributed by atoms with Crippen LogP contribution >= 0.6 is 12.4 Å². The molecule has 1 aromatic rings. The standard InChI is InChI=1S/C12H22N4.ClH/c1-10-11(8-15(3)14-10)9-16-6-4-12(13-2)5-7-16;/h8,12-13H,4-7,9H2,1-3H3;1H. The largest absolute Gasteiger partial charge is 0.317 e. The average molecular weight is 259 g/mol. The summed E-state index contributed by atoms with van der Waals surface area (Å²) in [6.07, 6.45) is 4.66. The molecule has 1 saturated heterocycles. The van der Waals surface area contributed by atoms with Crippen LogP contribution < -0.4 is 5.32 Å². The van der Waals surface area contributed by atoms with E-state index in [0.717, 1.165) is 6.54 Å². The van der Waals surface area contributed by atoms with Crippen LogP contribution in [0.4, 0.5) is 0 Å². The zero-order valence-electron chi connectivity index (χ0n) is 10.9. The molecule has 0 radical (unpaired) electrons. The van der Waals surface area contributed by atoms with Gasteiger partial charge >= 0.3 is 0 Å². The molecule has 4 nitrogen and oxygen atoms in total. The van der Waals surface area contributed by atoms with Crippen molar-refractivity contribution in [2.45, 2.75) is 32.4 Å². The first-order chi connectivity index (χ1) is 7.69. The van der Waals surface area contributed by atoms with Crippen molar-refractivity contribution in [1.29, 1.82) is 0 Å². The van der Waals surface area contributed by atoms with E-state index in [2.05, 4.69) is 35.5 Å². The summed E-state index contributed by atoms with van der Waals surface area (Å²) in [7, 11) is 4.05. The van der Waals surface area contributed by atoms with Crippen LogP contribution in [-0.2, 0) is 13.6 Å². The van der Waals surface area contributed by atoms with Gasteiger partial charge in [0.05, 0.1) is 5.69 Å². The molecule has 1 aliphatic rings. The number of likely N-dealkylation sites (tertiary alicyclic amines) is 1. The van der Waals surface area contributed by atoms with Crippen molar-refractivity contribution in [3.63, 3.8) is 0 Å². The van der Waals surface area contributed by atoms with Gasteiger partial charge in [-0.3, -0.25) is 9.58 Å². The van der Waals surface area contributed by atoms with Gasteiger partial charge in [0.15, 0.2) is 0 Å². The molecular formula is C12H23ClN4. The first kappa shape index (κ1) is 14.5. The minimum Gasteiger partial charge on any atom is -0.317 e. The Morgan fingerprint density at radius 3 is 2.53 bits per heavy atom. The van der Waals surface area contributed by atoms with E-state index in [1.807, 2.05) is 11.7 Å². The number of nitrogens with one attached hydrogen (secondary N) is 1. The lowest BCUT2D eigenvalue weighted by Gasteiger charge is -2.31. The van der Waals surface area contributed by atoms with Gasteiger partial charge in [-0.1, -0.05) is 0 Å². The fourth-order valence-corrected chi connectivity index (χ4v) is 2.42. The summed E-state index contributed by atoms with van der Waals surface area (Å²) >= 11 is 0. The molecule has 98 valence electrons. The van der Waals surface area contributed by atoms with Gasteiger partial charge in [0.2, 0.25) is 0 Å². The van der Waals surface area contributed by atoms with Gasteiger partial charge in [-0.15, -0.1) is 12.4 Å². The highest BCUT2D eigenvalue weighted by Gasteiger charge is 2.18. The number of piperidine rings is 1. The van der Waals surface area contributed by atoms with E-state index in [4.69, 9.17) is 0 Å². The zero-order chi connectivity index (χ0) is 11.5. The third-order valence-corrected chi connectivity index (χ3v) is 3.50. The summed E-state index contributed by atoms with van der Waals surface area (Å²) in [5.74, 6) is 0. The number of halogens is 1. The number of aromatic nitrogens is 2. The Labute approximate surface area is 110 Å².